The highest BCUT2D eigenvalue weighted by molar-refractivity contribution is 5.73. The molecular formula is C7H11N3O. The van der Waals surface area contributed by atoms with Gasteiger partial charge in [0.25, 0.3) is 0 Å². The summed E-state index contributed by atoms with van der Waals surface area (Å²) in [4.78, 5) is 3.75. The van der Waals surface area contributed by atoms with Crippen LogP contribution in [0.3, 0.4) is 0 Å². The Labute approximate surface area is 64.9 Å². The highest BCUT2D eigenvalue weighted by atomic mass is 16.3. The molecule has 0 aromatic carbocycles. The molecule has 0 aliphatic carbocycles. The first-order chi connectivity index (χ1) is 5.01. The lowest BCUT2D eigenvalue weighted by molar-refractivity contribution is 0.190. The molecule has 11 heavy (non-hydrogen) atoms. The fourth-order valence-corrected chi connectivity index (χ4v) is 0.662. The predicted molar refractivity (Wildman–Crippen MR) is 43.7 cm³/mol. The quantitative estimate of drug-likeness (QED) is 0.437. The monoisotopic (exact) mass is 153 g/mol. The van der Waals surface area contributed by atoms with E-state index in [9.17, 15) is 5.11 Å². The molecule has 5 N–H and O–H groups in total. The number of nitrogens with two attached hydrogens (primary N) is 2. The predicted octanol–water partition coefficient (Wildman–Crippen LogP) is -0.536. The average molecular weight is 153 g/mol. The summed E-state index contributed by atoms with van der Waals surface area (Å²) >= 11 is 0. The Morgan fingerprint density at radius 3 is 2.82 bits per heavy atom. The Hall–Kier alpha value is -1.29. The number of allylic oxidation sites excluding steroid dienone is 1. The summed E-state index contributed by atoms with van der Waals surface area (Å²) in [5.41, 5.74) is 10.2. The molecule has 1 aliphatic heterocycles. The average Bonchev–Trinajstić information content (AvgIpc) is 2.03. The van der Waals surface area contributed by atoms with Gasteiger partial charge in [-0.25, -0.2) is 4.99 Å². The zero-order valence-corrected chi connectivity index (χ0v) is 6.28. The summed E-state index contributed by atoms with van der Waals surface area (Å²) in [5, 5.41) is 9.42. The first kappa shape index (κ1) is 7.81. The van der Waals surface area contributed by atoms with Crippen LogP contribution in [0.25, 0.3) is 0 Å². The van der Waals surface area contributed by atoms with E-state index >= 15 is 0 Å². The van der Waals surface area contributed by atoms with Crippen molar-refractivity contribution in [2.24, 2.45) is 16.5 Å². The van der Waals surface area contributed by atoms with Crippen molar-refractivity contribution in [2.45, 2.75) is 12.5 Å². The van der Waals surface area contributed by atoms with Gasteiger partial charge in [0.1, 0.15) is 11.4 Å². The Kier molecular flexibility index (Phi) is 1.70. The third-order valence-electron chi connectivity index (χ3n) is 1.36. The molecule has 1 rings (SSSR count). The molecule has 0 saturated carbocycles. The van der Waals surface area contributed by atoms with E-state index in [0.717, 1.165) is 0 Å². The highest BCUT2D eigenvalue weighted by Gasteiger charge is 2.14. The molecule has 0 fully saturated rings. The van der Waals surface area contributed by atoms with Gasteiger partial charge in [0, 0.05) is 6.21 Å². The second-order valence-corrected chi connectivity index (χ2v) is 2.66. The van der Waals surface area contributed by atoms with E-state index in [4.69, 9.17) is 11.5 Å². The lowest BCUT2D eigenvalue weighted by Crippen LogP contribution is -2.22. The van der Waals surface area contributed by atoms with Crippen LogP contribution in [-0.4, -0.2) is 16.9 Å². The van der Waals surface area contributed by atoms with Gasteiger partial charge in [-0.05, 0) is 19.1 Å². The molecule has 4 heteroatoms. The maximum Gasteiger partial charge on any atom is 0.146 e. The summed E-state index contributed by atoms with van der Waals surface area (Å²) in [6.07, 6.45) is 4.42. The Balaban J connectivity index is 3.01. The van der Waals surface area contributed by atoms with Gasteiger partial charge in [0.2, 0.25) is 0 Å². The summed E-state index contributed by atoms with van der Waals surface area (Å²) in [5.74, 6) is 0.235. The molecule has 1 heterocycles. The molecule has 0 bridgehead atoms. The maximum atomic E-state index is 9.42. The molecule has 1 unspecified atom stereocenters. The van der Waals surface area contributed by atoms with E-state index in [1.54, 1.807) is 13.0 Å². The van der Waals surface area contributed by atoms with Crippen molar-refractivity contribution in [3.05, 3.63) is 23.7 Å². The van der Waals surface area contributed by atoms with Gasteiger partial charge in [0.05, 0.1) is 5.70 Å². The number of rotatable bonds is 0. The van der Waals surface area contributed by atoms with Crippen LogP contribution in [-0.2, 0) is 0 Å². The number of hydrogen-bond acceptors (Lipinski definition) is 4. The molecule has 60 valence electrons. The van der Waals surface area contributed by atoms with Crippen LogP contribution in [0.5, 0.6) is 0 Å². The second-order valence-electron chi connectivity index (χ2n) is 2.66. The van der Waals surface area contributed by atoms with Gasteiger partial charge in [-0.1, -0.05) is 0 Å². The normalized spacial score (nSPS) is 30.7. The molecule has 0 aromatic heterocycles. The Morgan fingerprint density at radius 1 is 1.55 bits per heavy atom. The lowest BCUT2D eigenvalue weighted by Gasteiger charge is -2.09. The molecule has 4 nitrogen and oxygen atoms in total. The standard InChI is InChI=1S/C7H11N3O/c1-7(11)3-2-5(8)6(9)10-4-7/h2-4,11H,8-9H2,1H3. The third-order valence-corrected chi connectivity index (χ3v) is 1.36. The van der Waals surface area contributed by atoms with E-state index in [2.05, 4.69) is 4.99 Å². The second kappa shape index (κ2) is 2.39. The lowest BCUT2D eigenvalue weighted by atomic mass is 10.1. The largest absolute Gasteiger partial charge is 0.396 e. The fourth-order valence-electron chi connectivity index (χ4n) is 0.662. The van der Waals surface area contributed by atoms with Crippen LogP contribution in [0, 0.1) is 0 Å². The van der Waals surface area contributed by atoms with E-state index < -0.39 is 5.60 Å². The number of hydrogen-bond donors (Lipinski definition) is 3. The summed E-state index contributed by atoms with van der Waals surface area (Å²) in [6, 6.07) is 0. The van der Waals surface area contributed by atoms with Crippen LogP contribution in [0.15, 0.2) is 28.7 Å². The van der Waals surface area contributed by atoms with E-state index in [1.165, 1.54) is 12.3 Å². The van der Waals surface area contributed by atoms with Gasteiger partial charge >= 0.3 is 0 Å². The minimum atomic E-state index is -1.05. The van der Waals surface area contributed by atoms with Gasteiger partial charge < -0.3 is 16.6 Å². The molecule has 0 amide bonds. The smallest absolute Gasteiger partial charge is 0.146 e. The summed E-state index contributed by atoms with van der Waals surface area (Å²) < 4.78 is 0. The minimum absolute atomic E-state index is 0.235. The van der Waals surface area contributed by atoms with Crippen LogP contribution < -0.4 is 11.5 Å². The summed E-state index contributed by atoms with van der Waals surface area (Å²) in [7, 11) is 0. The summed E-state index contributed by atoms with van der Waals surface area (Å²) in [6.45, 7) is 1.60. The van der Waals surface area contributed by atoms with Crippen molar-refractivity contribution in [3.8, 4) is 0 Å². The number of nitrogens with zero attached hydrogens (tertiary/aromatic N) is 1. The topological polar surface area (TPSA) is 84.6 Å². The van der Waals surface area contributed by atoms with E-state index in [0.29, 0.717) is 5.70 Å². The molecule has 0 aromatic rings. The third kappa shape index (κ3) is 1.81. The Bertz CT molecular complexity index is 226. The Morgan fingerprint density at radius 2 is 2.18 bits per heavy atom. The fraction of sp³-hybridized carbons (Fsp3) is 0.286. The van der Waals surface area contributed by atoms with Gasteiger partial charge in [-0.3, -0.25) is 0 Å². The number of aliphatic hydroxyl groups is 1. The van der Waals surface area contributed by atoms with Crippen molar-refractivity contribution in [3.63, 3.8) is 0 Å². The highest BCUT2D eigenvalue weighted by Crippen LogP contribution is 2.09. The zero-order chi connectivity index (χ0) is 8.48. The van der Waals surface area contributed by atoms with Gasteiger partial charge in [-0.2, -0.15) is 0 Å². The minimum Gasteiger partial charge on any atom is -0.396 e. The van der Waals surface area contributed by atoms with Crippen molar-refractivity contribution < 1.29 is 5.11 Å². The SMILES string of the molecule is CC1(O)C=CC(N)=C(N)N=C1. The first-order valence-electron chi connectivity index (χ1n) is 3.23. The van der Waals surface area contributed by atoms with Crippen molar-refractivity contribution in [1.82, 2.24) is 0 Å². The number of aliphatic imine (C=N–C) groups is 1. The molecule has 0 spiro atoms. The van der Waals surface area contributed by atoms with Crippen molar-refractivity contribution in [2.75, 3.05) is 0 Å². The van der Waals surface area contributed by atoms with Gasteiger partial charge in [-0.15, -0.1) is 0 Å². The zero-order valence-electron chi connectivity index (χ0n) is 6.28. The molecule has 0 saturated heterocycles. The van der Waals surface area contributed by atoms with E-state index in [-0.39, 0.29) is 5.82 Å². The van der Waals surface area contributed by atoms with Crippen molar-refractivity contribution >= 4 is 6.21 Å². The van der Waals surface area contributed by atoms with E-state index in [1.807, 2.05) is 0 Å². The van der Waals surface area contributed by atoms with Crippen LogP contribution in [0.1, 0.15) is 6.92 Å². The van der Waals surface area contributed by atoms with Gasteiger partial charge in [0.15, 0.2) is 0 Å². The van der Waals surface area contributed by atoms with Crippen LogP contribution >= 0.6 is 0 Å². The molecule has 1 aliphatic rings. The van der Waals surface area contributed by atoms with Crippen LogP contribution in [0.2, 0.25) is 0 Å². The first-order valence-corrected chi connectivity index (χ1v) is 3.23. The molecule has 1 atom stereocenters. The van der Waals surface area contributed by atoms with Crippen molar-refractivity contribution in [1.29, 1.82) is 0 Å². The molecule has 0 radical (unpaired) electrons. The van der Waals surface area contributed by atoms with Crippen LogP contribution in [0.4, 0.5) is 0 Å². The molecular weight excluding hydrogens is 142 g/mol. The maximum absolute atomic E-state index is 9.42.